The molecule has 140 valence electrons. The Hall–Kier alpha value is -2.88. The highest BCUT2D eigenvalue weighted by Crippen LogP contribution is 2.22. The molecule has 4 heteroatoms. The molecule has 0 bridgehead atoms. The van der Waals surface area contributed by atoms with Crippen molar-refractivity contribution in [3.8, 4) is 0 Å². The van der Waals surface area contributed by atoms with Crippen LogP contribution >= 0.6 is 0 Å². The van der Waals surface area contributed by atoms with Gasteiger partial charge in [0, 0.05) is 12.3 Å². The van der Waals surface area contributed by atoms with E-state index in [2.05, 4.69) is 22.8 Å². The molecule has 2 amide bonds. The van der Waals surface area contributed by atoms with E-state index < -0.39 is 0 Å². The van der Waals surface area contributed by atoms with Crippen LogP contribution in [0.2, 0.25) is 0 Å². The summed E-state index contributed by atoms with van der Waals surface area (Å²) >= 11 is 0. The van der Waals surface area contributed by atoms with E-state index in [1.807, 2.05) is 60.7 Å². The lowest BCUT2D eigenvalue weighted by molar-refractivity contribution is -0.130. The Morgan fingerprint density at radius 1 is 0.741 bits per heavy atom. The van der Waals surface area contributed by atoms with Gasteiger partial charge in [-0.1, -0.05) is 79.7 Å². The highest BCUT2D eigenvalue weighted by molar-refractivity contribution is 5.86. The van der Waals surface area contributed by atoms with E-state index in [-0.39, 0.29) is 36.2 Å². The van der Waals surface area contributed by atoms with Gasteiger partial charge < -0.3 is 10.6 Å². The fraction of sp³-hybridized carbons (Fsp3) is 0.304. The van der Waals surface area contributed by atoms with Gasteiger partial charge in [-0.25, -0.2) is 0 Å². The summed E-state index contributed by atoms with van der Waals surface area (Å²) in [4.78, 5) is 25.1. The molecule has 1 heterocycles. The molecular formula is C23H26N2O2. The molecule has 2 aromatic carbocycles. The van der Waals surface area contributed by atoms with Crippen LogP contribution in [0.5, 0.6) is 0 Å². The zero-order valence-electron chi connectivity index (χ0n) is 15.6. The predicted molar refractivity (Wildman–Crippen MR) is 107 cm³/mol. The van der Waals surface area contributed by atoms with Gasteiger partial charge in [0.1, 0.15) is 0 Å². The van der Waals surface area contributed by atoms with Crippen molar-refractivity contribution in [2.24, 2.45) is 5.92 Å². The SMILES string of the molecule is C[C@@H]1CC(=O)N[C@H](c2ccccc2)C/C=C\C[C@H](c2ccccc2)NC1=O. The highest BCUT2D eigenvalue weighted by atomic mass is 16.2. The first-order valence-corrected chi connectivity index (χ1v) is 9.48. The minimum Gasteiger partial charge on any atom is -0.349 e. The van der Waals surface area contributed by atoms with E-state index in [9.17, 15) is 9.59 Å². The molecule has 4 nitrogen and oxygen atoms in total. The normalized spacial score (nSPS) is 25.4. The number of nitrogens with one attached hydrogen (secondary N) is 2. The van der Waals surface area contributed by atoms with E-state index in [1.165, 1.54) is 0 Å². The summed E-state index contributed by atoms with van der Waals surface area (Å²) in [6.07, 6.45) is 5.80. The lowest BCUT2D eigenvalue weighted by Crippen LogP contribution is -2.37. The van der Waals surface area contributed by atoms with Crippen molar-refractivity contribution >= 4 is 11.8 Å². The zero-order valence-corrected chi connectivity index (χ0v) is 15.6. The summed E-state index contributed by atoms with van der Waals surface area (Å²) in [5, 5.41) is 6.17. The first-order valence-electron chi connectivity index (χ1n) is 9.48. The molecule has 0 aromatic heterocycles. The Morgan fingerprint density at radius 2 is 1.22 bits per heavy atom. The number of benzene rings is 2. The highest BCUT2D eigenvalue weighted by Gasteiger charge is 2.23. The number of carbonyl (C=O) groups excluding carboxylic acids is 2. The van der Waals surface area contributed by atoms with Crippen LogP contribution in [-0.2, 0) is 9.59 Å². The number of rotatable bonds is 2. The number of hydrogen-bond acceptors (Lipinski definition) is 2. The predicted octanol–water partition coefficient (Wildman–Crippen LogP) is 4.08. The summed E-state index contributed by atoms with van der Waals surface area (Å²) in [6.45, 7) is 1.80. The molecule has 2 aromatic rings. The van der Waals surface area contributed by atoms with Gasteiger partial charge in [-0.3, -0.25) is 9.59 Å². The molecule has 0 fully saturated rings. The van der Waals surface area contributed by atoms with Crippen LogP contribution in [0.15, 0.2) is 72.8 Å². The van der Waals surface area contributed by atoms with Crippen molar-refractivity contribution < 1.29 is 9.59 Å². The summed E-state index contributed by atoms with van der Waals surface area (Å²) in [7, 11) is 0. The molecule has 0 spiro atoms. The van der Waals surface area contributed by atoms with Crippen LogP contribution < -0.4 is 10.6 Å². The van der Waals surface area contributed by atoms with Gasteiger partial charge in [0.05, 0.1) is 12.1 Å². The van der Waals surface area contributed by atoms with Crippen LogP contribution in [0.1, 0.15) is 49.4 Å². The van der Waals surface area contributed by atoms with Gasteiger partial charge in [0.2, 0.25) is 11.8 Å². The van der Waals surface area contributed by atoms with Crippen LogP contribution in [0.4, 0.5) is 0 Å². The van der Waals surface area contributed by atoms with Crippen LogP contribution in [-0.4, -0.2) is 11.8 Å². The van der Waals surface area contributed by atoms with E-state index in [1.54, 1.807) is 6.92 Å². The first-order chi connectivity index (χ1) is 13.1. The molecule has 0 radical (unpaired) electrons. The molecule has 1 aliphatic rings. The maximum atomic E-state index is 12.6. The summed E-state index contributed by atoms with van der Waals surface area (Å²) in [5.74, 6) is -0.572. The average molecular weight is 362 g/mol. The van der Waals surface area contributed by atoms with Crippen LogP contribution in [0, 0.1) is 5.92 Å². The second-order valence-corrected chi connectivity index (χ2v) is 7.05. The Kier molecular flexibility index (Phi) is 6.42. The van der Waals surface area contributed by atoms with Gasteiger partial charge in [0.25, 0.3) is 0 Å². The minimum absolute atomic E-state index is 0.0835. The molecule has 3 atom stereocenters. The Morgan fingerprint density at radius 3 is 1.74 bits per heavy atom. The lowest BCUT2D eigenvalue weighted by Gasteiger charge is -2.23. The smallest absolute Gasteiger partial charge is 0.223 e. The van der Waals surface area contributed by atoms with E-state index in [4.69, 9.17) is 0 Å². The molecule has 0 unspecified atom stereocenters. The third-order valence-corrected chi connectivity index (χ3v) is 4.90. The van der Waals surface area contributed by atoms with Crippen molar-refractivity contribution in [2.45, 2.75) is 38.3 Å². The van der Waals surface area contributed by atoms with Gasteiger partial charge in [0.15, 0.2) is 0 Å². The summed E-state index contributed by atoms with van der Waals surface area (Å²) in [6, 6.07) is 19.8. The largest absolute Gasteiger partial charge is 0.349 e. The first kappa shape index (κ1) is 18.9. The van der Waals surface area contributed by atoms with Crippen LogP contribution in [0.25, 0.3) is 0 Å². The second-order valence-electron chi connectivity index (χ2n) is 7.05. The van der Waals surface area contributed by atoms with Gasteiger partial charge in [-0.05, 0) is 24.0 Å². The summed E-state index contributed by atoms with van der Waals surface area (Å²) < 4.78 is 0. The quantitative estimate of drug-likeness (QED) is 0.791. The molecule has 0 saturated carbocycles. The fourth-order valence-corrected chi connectivity index (χ4v) is 3.33. The maximum absolute atomic E-state index is 12.6. The van der Waals surface area contributed by atoms with Crippen molar-refractivity contribution in [3.63, 3.8) is 0 Å². The zero-order chi connectivity index (χ0) is 19.1. The second kappa shape index (κ2) is 9.17. The minimum atomic E-state index is -0.379. The Labute approximate surface area is 160 Å². The third-order valence-electron chi connectivity index (χ3n) is 4.90. The molecule has 0 saturated heterocycles. The van der Waals surface area contributed by atoms with E-state index in [0.29, 0.717) is 0 Å². The standard InChI is InChI=1S/C23H26N2O2/c1-17-16-22(26)24-20(18-10-4-2-5-11-18)14-8-9-15-21(25-23(17)27)19-12-6-3-7-13-19/h2-13,17,20-21H,14-16H2,1H3,(H,24,26)(H,25,27)/b9-8-/t17-,20+,21-/m1/s1. The fourth-order valence-electron chi connectivity index (χ4n) is 3.33. The van der Waals surface area contributed by atoms with Crippen molar-refractivity contribution in [3.05, 3.63) is 83.9 Å². The molecule has 27 heavy (non-hydrogen) atoms. The maximum Gasteiger partial charge on any atom is 0.223 e. The van der Waals surface area contributed by atoms with Crippen molar-refractivity contribution in [1.82, 2.24) is 10.6 Å². The van der Waals surface area contributed by atoms with Gasteiger partial charge >= 0.3 is 0 Å². The summed E-state index contributed by atoms with van der Waals surface area (Å²) in [5.41, 5.74) is 2.15. The van der Waals surface area contributed by atoms with E-state index in [0.717, 1.165) is 24.0 Å². The topological polar surface area (TPSA) is 58.2 Å². The van der Waals surface area contributed by atoms with Gasteiger partial charge in [-0.15, -0.1) is 0 Å². The monoisotopic (exact) mass is 362 g/mol. The molecule has 2 N–H and O–H groups in total. The van der Waals surface area contributed by atoms with Crippen molar-refractivity contribution in [1.29, 1.82) is 0 Å². The molecule has 0 aliphatic carbocycles. The van der Waals surface area contributed by atoms with Gasteiger partial charge in [-0.2, -0.15) is 0 Å². The Bertz CT molecular complexity index is 787. The number of amides is 2. The average Bonchev–Trinajstić information content (AvgIpc) is 2.69. The van der Waals surface area contributed by atoms with E-state index >= 15 is 0 Å². The molecular weight excluding hydrogens is 336 g/mol. The lowest BCUT2D eigenvalue weighted by atomic mass is 9.98. The molecule has 1 aliphatic heterocycles. The number of hydrogen-bond donors (Lipinski definition) is 2. The van der Waals surface area contributed by atoms with Crippen molar-refractivity contribution in [2.75, 3.05) is 0 Å². The third kappa shape index (κ3) is 5.30. The van der Waals surface area contributed by atoms with Crippen LogP contribution in [0.3, 0.4) is 0 Å². The molecule has 3 rings (SSSR count). The Balaban J connectivity index is 1.83. The number of carbonyl (C=O) groups is 2.